The third-order valence-corrected chi connectivity index (χ3v) is 10.2. The molecule has 10 nitrogen and oxygen atoms in total. The standard InChI is InChI=1S/C31H30Cl3N5O5S/c1-18(2)37-16-28-38(45(44)27-12-9-22(33)14-24(27)34)15-25(35-17-40)30(42)39(28)26(31(37)43)13-19-3-10-23(11-4-19)36-29(41)20-5-7-21(32)8-6-20/h3-12,14,17-18,25-26,28H,13,15-16H2,1-2H3,(H,35,40)(H,36,41). The quantitative estimate of drug-likeness (QED) is 0.324. The first kappa shape index (κ1) is 32.9. The summed E-state index contributed by atoms with van der Waals surface area (Å²) in [5.74, 6) is -1.02. The number of nitrogens with zero attached hydrogens (tertiary/aromatic N) is 3. The summed E-state index contributed by atoms with van der Waals surface area (Å²) in [5.41, 5.74) is 1.72. The van der Waals surface area contributed by atoms with Gasteiger partial charge in [0, 0.05) is 40.3 Å². The highest BCUT2D eigenvalue weighted by atomic mass is 35.5. The second-order valence-electron chi connectivity index (χ2n) is 10.9. The van der Waals surface area contributed by atoms with Crippen LogP contribution in [-0.2, 0) is 31.8 Å². The molecule has 5 rings (SSSR count). The van der Waals surface area contributed by atoms with E-state index in [4.69, 9.17) is 34.8 Å². The minimum absolute atomic E-state index is 0.0564. The Morgan fingerprint density at radius 3 is 2.24 bits per heavy atom. The Hall–Kier alpha value is -3.48. The summed E-state index contributed by atoms with van der Waals surface area (Å²) in [5, 5.41) is 6.45. The van der Waals surface area contributed by atoms with Crippen molar-refractivity contribution >= 4 is 75.6 Å². The van der Waals surface area contributed by atoms with Crippen molar-refractivity contribution in [2.24, 2.45) is 0 Å². The molecular weight excluding hydrogens is 661 g/mol. The molecule has 3 aromatic carbocycles. The van der Waals surface area contributed by atoms with Gasteiger partial charge in [-0.1, -0.05) is 46.9 Å². The Morgan fingerprint density at radius 2 is 1.62 bits per heavy atom. The van der Waals surface area contributed by atoms with Crippen LogP contribution in [0.1, 0.15) is 29.8 Å². The average Bonchev–Trinajstić information content (AvgIpc) is 3.00. The summed E-state index contributed by atoms with van der Waals surface area (Å²) in [7, 11) is -1.87. The zero-order chi connectivity index (χ0) is 32.4. The van der Waals surface area contributed by atoms with Crippen molar-refractivity contribution in [1.82, 2.24) is 19.4 Å². The Kier molecular flexibility index (Phi) is 10.1. The predicted octanol–water partition coefficient (Wildman–Crippen LogP) is 4.37. The van der Waals surface area contributed by atoms with Crippen LogP contribution in [0.25, 0.3) is 0 Å². The van der Waals surface area contributed by atoms with Gasteiger partial charge < -0.3 is 20.4 Å². The van der Waals surface area contributed by atoms with Crippen LogP contribution in [0, 0.1) is 0 Å². The number of hydrogen-bond donors (Lipinski definition) is 2. The average molecular weight is 691 g/mol. The molecule has 2 fully saturated rings. The van der Waals surface area contributed by atoms with Crippen LogP contribution in [0.3, 0.4) is 0 Å². The van der Waals surface area contributed by atoms with E-state index in [0.29, 0.717) is 32.6 Å². The van der Waals surface area contributed by atoms with Gasteiger partial charge in [-0.3, -0.25) is 19.2 Å². The van der Waals surface area contributed by atoms with Crippen molar-refractivity contribution in [1.29, 1.82) is 0 Å². The molecule has 4 atom stereocenters. The lowest BCUT2D eigenvalue weighted by atomic mass is 9.96. The van der Waals surface area contributed by atoms with E-state index in [1.807, 2.05) is 13.8 Å². The number of piperazine rings is 1. The lowest BCUT2D eigenvalue weighted by molar-refractivity contribution is -0.168. The summed E-state index contributed by atoms with van der Waals surface area (Å²) in [4.78, 5) is 55.3. The SMILES string of the molecule is CC(C)N1CC2N(C(=O)C(NC=O)CN2S(=O)c2ccc(Cl)cc2Cl)C(Cc2ccc(NC(=O)c3ccc(Cl)cc3)cc2)C1=O. The summed E-state index contributed by atoms with van der Waals surface area (Å²) >= 11 is 18.4. The lowest BCUT2D eigenvalue weighted by Crippen LogP contribution is -2.75. The van der Waals surface area contributed by atoms with Gasteiger partial charge in [0.05, 0.1) is 16.5 Å². The predicted molar refractivity (Wildman–Crippen MR) is 173 cm³/mol. The van der Waals surface area contributed by atoms with Gasteiger partial charge in [-0.25, -0.2) is 4.21 Å². The zero-order valence-electron chi connectivity index (χ0n) is 24.3. The minimum atomic E-state index is -1.87. The first-order valence-corrected chi connectivity index (χ1v) is 16.3. The van der Waals surface area contributed by atoms with Crippen LogP contribution in [0.5, 0.6) is 0 Å². The summed E-state index contributed by atoms with van der Waals surface area (Å²) in [6.45, 7) is 3.81. The Labute approximate surface area is 278 Å². The Morgan fingerprint density at radius 1 is 0.956 bits per heavy atom. The fraction of sp³-hybridized carbons (Fsp3) is 0.290. The first-order valence-electron chi connectivity index (χ1n) is 14.1. The van der Waals surface area contributed by atoms with E-state index in [1.165, 1.54) is 11.0 Å². The minimum Gasteiger partial charge on any atom is -0.346 e. The van der Waals surface area contributed by atoms with E-state index >= 15 is 0 Å². The molecule has 3 aromatic rings. The van der Waals surface area contributed by atoms with Crippen molar-refractivity contribution < 1.29 is 23.4 Å². The molecule has 2 saturated heterocycles. The highest BCUT2D eigenvalue weighted by molar-refractivity contribution is 7.82. The van der Waals surface area contributed by atoms with Crippen molar-refractivity contribution in [3.05, 3.63) is 92.9 Å². The molecule has 45 heavy (non-hydrogen) atoms. The van der Waals surface area contributed by atoms with Gasteiger partial charge in [0.2, 0.25) is 18.2 Å². The summed E-state index contributed by atoms with van der Waals surface area (Å²) in [6.07, 6.45) is -0.207. The van der Waals surface area contributed by atoms with Gasteiger partial charge in [0.25, 0.3) is 5.91 Å². The fourth-order valence-corrected chi connectivity index (χ4v) is 7.56. The topological polar surface area (TPSA) is 119 Å². The van der Waals surface area contributed by atoms with Gasteiger partial charge in [0.1, 0.15) is 29.2 Å². The van der Waals surface area contributed by atoms with Gasteiger partial charge in [-0.15, -0.1) is 0 Å². The van der Waals surface area contributed by atoms with Gasteiger partial charge in [0.15, 0.2) is 0 Å². The molecule has 236 valence electrons. The number of carbonyl (C=O) groups is 4. The van der Waals surface area contributed by atoms with Crippen LogP contribution in [0.4, 0.5) is 5.69 Å². The van der Waals surface area contributed by atoms with Gasteiger partial charge >= 0.3 is 0 Å². The molecule has 2 aliphatic heterocycles. The molecule has 0 aromatic heterocycles. The molecule has 2 heterocycles. The van der Waals surface area contributed by atoms with Crippen molar-refractivity contribution in [3.8, 4) is 0 Å². The van der Waals surface area contributed by atoms with E-state index < -0.39 is 35.1 Å². The molecule has 4 amide bonds. The lowest BCUT2D eigenvalue weighted by Gasteiger charge is -2.54. The largest absolute Gasteiger partial charge is 0.346 e. The maximum absolute atomic E-state index is 14.0. The number of rotatable bonds is 9. The summed E-state index contributed by atoms with van der Waals surface area (Å²) in [6, 6.07) is 15.9. The van der Waals surface area contributed by atoms with Crippen LogP contribution in [-0.4, -0.2) is 79.8 Å². The number of hydrogen-bond acceptors (Lipinski definition) is 5. The number of amides is 4. The molecule has 2 aliphatic rings. The maximum Gasteiger partial charge on any atom is 0.255 e. The fourth-order valence-electron chi connectivity index (χ4n) is 5.49. The molecule has 2 N–H and O–H groups in total. The van der Waals surface area contributed by atoms with Crippen LogP contribution in [0.2, 0.25) is 15.1 Å². The number of benzene rings is 3. The molecule has 0 bridgehead atoms. The highest BCUT2D eigenvalue weighted by Gasteiger charge is 2.52. The van der Waals surface area contributed by atoms with Crippen molar-refractivity contribution in [3.63, 3.8) is 0 Å². The molecule has 0 saturated carbocycles. The van der Waals surface area contributed by atoms with E-state index in [0.717, 1.165) is 5.56 Å². The monoisotopic (exact) mass is 689 g/mol. The van der Waals surface area contributed by atoms with E-state index in [9.17, 15) is 23.4 Å². The van der Waals surface area contributed by atoms with Gasteiger partial charge in [-0.05, 0) is 74.0 Å². The molecule has 0 spiro atoms. The highest BCUT2D eigenvalue weighted by Crippen LogP contribution is 2.33. The van der Waals surface area contributed by atoms with Gasteiger partial charge in [-0.2, -0.15) is 4.31 Å². The van der Waals surface area contributed by atoms with E-state index in [-0.39, 0.29) is 42.4 Å². The number of anilines is 1. The Bertz CT molecular complexity index is 1640. The number of carbonyl (C=O) groups excluding carboxylic acids is 4. The maximum atomic E-state index is 14.0. The number of nitrogens with one attached hydrogen (secondary N) is 2. The third kappa shape index (κ3) is 7.02. The molecule has 0 radical (unpaired) electrons. The number of fused-ring (bicyclic) bond motifs is 1. The third-order valence-electron chi connectivity index (χ3n) is 7.77. The second-order valence-corrected chi connectivity index (χ2v) is 13.6. The van der Waals surface area contributed by atoms with Crippen molar-refractivity contribution in [2.75, 3.05) is 18.4 Å². The Balaban J connectivity index is 1.44. The first-order chi connectivity index (χ1) is 21.5. The molecule has 0 aliphatic carbocycles. The molecular formula is C31H30Cl3N5O5S. The van der Waals surface area contributed by atoms with Crippen molar-refractivity contribution in [2.45, 2.75) is 49.5 Å². The molecule has 14 heteroatoms. The second kappa shape index (κ2) is 13.9. The van der Waals surface area contributed by atoms with Crippen LogP contribution in [0.15, 0.2) is 71.6 Å². The summed E-state index contributed by atoms with van der Waals surface area (Å²) < 4.78 is 15.6. The number of halogens is 3. The normalized spacial score (nSPS) is 21.0. The van der Waals surface area contributed by atoms with E-state index in [1.54, 1.807) is 69.9 Å². The smallest absolute Gasteiger partial charge is 0.255 e. The van der Waals surface area contributed by atoms with Crippen LogP contribution < -0.4 is 10.6 Å². The van der Waals surface area contributed by atoms with Crippen LogP contribution >= 0.6 is 34.8 Å². The zero-order valence-corrected chi connectivity index (χ0v) is 27.4. The molecule has 4 unspecified atom stereocenters. The van der Waals surface area contributed by atoms with E-state index in [2.05, 4.69) is 10.6 Å².